The molecule has 3 aromatic rings. The van der Waals surface area contributed by atoms with Crippen LogP contribution in [0, 0.1) is 5.82 Å². The standard InChI is InChI=1S/C24H29FN6O2/c1-5-6-11-33-16-7-8-18(19(25)12-16)24(4)13-17(20-9-10-31(30-20)15(2)3)21(23(32)28-24)22-26-14-27-29-22/h7-10,12,14-15H,5-6,11,13H2,1-4H3,(H,28,32)(H,26,27,29)/t24-/m0/s1. The number of hydrogen-bond acceptors (Lipinski definition) is 5. The van der Waals surface area contributed by atoms with Crippen molar-refractivity contribution in [2.24, 2.45) is 0 Å². The van der Waals surface area contributed by atoms with Gasteiger partial charge in [-0.3, -0.25) is 14.6 Å². The predicted octanol–water partition coefficient (Wildman–Crippen LogP) is 4.25. The highest BCUT2D eigenvalue weighted by atomic mass is 19.1. The third kappa shape index (κ3) is 4.53. The van der Waals surface area contributed by atoms with Crippen molar-refractivity contribution in [3.05, 3.63) is 59.7 Å². The van der Waals surface area contributed by atoms with Gasteiger partial charge in [0.25, 0.3) is 5.91 Å². The summed E-state index contributed by atoms with van der Waals surface area (Å²) in [6, 6.07) is 6.83. The van der Waals surface area contributed by atoms with Gasteiger partial charge in [-0.25, -0.2) is 9.37 Å². The molecule has 3 heterocycles. The Bertz CT molecular complexity index is 1170. The van der Waals surface area contributed by atoms with Crippen molar-refractivity contribution in [1.82, 2.24) is 30.3 Å². The van der Waals surface area contributed by atoms with Crippen molar-refractivity contribution in [2.45, 2.75) is 58.5 Å². The van der Waals surface area contributed by atoms with E-state index in [1.807, 2.05) is 37.7 Å². The lowest BCUT2D eigenvalue weighted by Crippen LogP contribution is -2.48. The first-order valence-electron chi connectivity index (χ1n) is 11.2. The van der Waals surface area contributed by atoms with Crippen LogP contribution >= 0.6 is 0 Å². The summed E-state index contributed by atoms with van der Waals surface area (Å²) in [4.78, 5) is 17.5. The van der Waals surface area contributed by atoms with Gasteiger partial charge in [0.15, 0.2) is 5.82 Å². The average molecular weight is 453 g/mol. The first-order valence-corrected chi connectivity index (χ1v) is 11.2. The van der Waals surface area contributed by atoms with E-state index in [1.165, 1.54) is 12.4 Å². The number of benzene rings is 1. The Morgan fingerprint density at radius 2 is 2.12 bits per heavy atom. The zero-order chi connectivity index (χ0) is 23.6. The van der Waals surface area contributed by atoms with Crippen molar-refractivity contribution in [3.63, 3.8) is 0 Å². The lowest BCUT2D eigenvalue weighted by molar-refractivity contribution is -0.117. The van der Waals surface area contributed by atoms with Crippen LogP contribution in [0.1, 0.15) is 70.1 Å². The minimum Gasteiger partial charge on any atom is -0.493 e. The third-order valence-electron chi connectivity index (χ3n) is 5.85. The molecule has 0 unspecified atom stereocenters. The number of aromatic amines is 1. The van der Waals surface area contributed by atoms with Gasteiger partial charge < -0.3 is 10.1 Å². The van der Waals surface area contributed by atoms with Crippen LogP contribution in [-0.2, 0) is 10.3 Å². The Hall–Kier alpha value is -3.49. The molecule has 4 rings (SSSR count). The molecular formula is C24H29FN6O2. The van der Waals surface area contributed by atoms with Crippen molar-refractivity contribution < 1.29 is 13.9 Å². The molecule has 1 amide bonds. The summed E-state index contributed by atoms with van der Waals surface area (Å²) in [5, 5.41) is 14.3. The van der Waals surface area contributed by atoms with Gasteiger partial charge in [0.05, 0.1) is 23.4 Å². The van der Waals surface area contributed by atoms with Crippen LogP contribution in [0.2, 0.25) is 0 Å². The van der Waals surface area contributed by atoms with Crippen LogP contribution in [0.15, 0.2) is 36.8 Å². The van der Waals surface area contributed by atoms with Crippen LogP contribution in [-0.4, -0.2) is 37.5 Å². The highest BCUT2D eigenvalue weighted by molar-refractivity contribution is 6.27. The Kier molecular flexibility index (Phi) is 6.31. The molecule has 1 atom stereocenters. The van der Waals surface area contributed by atoms with Gasteiger partial charge in [0.2, 0.25) is 0 Å². The van der Waals surface area contributed by atoms with Gasteiger partial charge in [0.1, 0.15) is 17.9 Å². The maximum absolute atomic E-state index is 15.2. The van der Waals surface area contributed by atoms with Crippen molar-refractivity contribution in [1.29, 1.82) is 0 Å². The van der Waals surface area contributed by atoms with Gasteiger partial charge in [0, 0.05) is 30.3 Å². The maximum atomic E-state index is 15.2. The Morgan fingerprint density at radius 1 is 1.30 bits per heavy atom. The number of ether oxygens (including phenoxy) is 1. The van der Waals surface area contributed by atoms with E-state index in [0.717, 1.165) is 12.8 Å². The van der Waals surface area contributed by atoms with E-state index in [-0.39, 0.29) is 11.9 Å². The molecule has 1 aliphatic rings. The predicted molar refractivity (Wildman–Crippen MR) is 123 cm³/mol. The molecule has 174 valence electrons. The fourth-order valence-electron chi connectivity index (χ4n) is 4.05. The number of halogens is 1. The number of nitrogens with one attached hydrogen (secondary N) is 2. The van der Waals surface area contributed by atoms with Crippen LogP contribution in [0.4, 0.5) is 4.39 Å². The average Bonchev–Trinajstić information content (AvgIpc) is 3.46. The lowest BCUT2D eigenvalue weighted by atomic mass is 9.79. The molecule has 0 saturated heterocycles. The van der Waals surface area contributed by atoms with E-state index >= 15 is 4.39 Å². The molecule has 0 radical (unpaired) electrons. The summed E-state index contributed by atoms with van der Waals surface area (Å²) in [6.07, 6.45) is 5.46. The zero-order valence-electron chi connectivity index (χ0n) is 19.4. The summed E-state index contributed by atoms with van der Waals surface area (Å²) in [7, 11) is 0. The van der Waals surface area contributed by atoms with Gasteiger partial charge in [-0.05, 0) is 44.9 Å². The Morgan fingerprint density at radius 3 is 2.76 bits per heavy atom. The second kappa shape index (κ2) is 9.17. The highest BCUT2D eigenvalue weighted by Gasteiger charge is 2.41. The van der Waals surface area contributed by atoms with Crippen molar-refractivity contribution >= 4 is 17.1 Å². The first-order chi connectivity index (χ1) is 15.8. The molecule has 0 fully saturated rings. The second-order valence-electron chi connectivity index (χ2n) is 8.77. The lowest BCUT2D eigenvalue weighted by Gasteiger charge is -2.37. The van der Waals surface area contributed by atoms with Crippen LogP contribution in [0.25, 0.3) is 11.1 Å². The number of nitrogens with zero attached hydrogens (tertiary/aromatic N) is 4. The van der Waals surface area contributed by atoms with E-state index in [0.29, 0.717) is 47.0 Å². The molecule has 33 heavy (non-hydrogen) atoms. The largest absolute Gasteiger partial charge is 0.493 e. The minimum atomic E-state index is -0.983. The minimum absolute atomic E-state index is 0.162. The number of carbonyl (C=O) groups excluding carboxylic acids is 1. The summed E-state index contributed by atoms with van der Waals surface area (Å²) >= 11 is 0. The van der Waals surface area contributed by atoms with E-state index in [9.17, 15) is 4.79 Å². The van der Waals surface area contributed by atoms with Crippen LogP contribution in [0.5, 0.6) is 5.75 Å². The molecular weight excluding hydrogens is 423 g/mol. The summed E-state index contributed by atoms with van der Waals surface area (Å²) in [6.45, 7) is 8.48. The second-order valence-corrected chi connectivity index (χ2v) is 8.77. The first kappa shape index (κ1) is 22.7. The molecule has 2 aromatic heterocycles. The third-order valence-corrected chi connectivity index (χ3v) is 5.85. The fourth-order valence-corrected chi connectivity index (χ4v) is 4.05. The van der Waals surface area contributed by atoms with Gasteiger partial charge >= 0.3 is 0 Å². The molecule has 0 saturated carbocycles. The summed E-state index contributed by atoms with van der Waals surface area (Å²) < 4.78 is 22.7. The molecule has 8 nitrogen and oxygen atoms in total. The number of rotatable bonds is 8. The monoisotopic (exact) mass is 452 g/mol. The fraction of sp³-hybridized carbons (Fsp3) is 0.417. The quantitative estimate of drug-likeness (QED) is 0.498. The highest BCUT2D eigenvalue weighted by Crippen LogP contribution is 2.41. The molecule has 1 aromatic carbocycles. The molecule has 0 spiro atoms. The van der Waals surface area contributed by atoms with Crippen LogP contribution in [0.3, 0.4) is 0 Å². The van der Waals surface area contributed by atoms with Crippen molar-refractivity contribution in [2.75, 3.05) is 6.61 Å². The number of H-pyrrole nitrogens is 1. The van der Waals surface area contributed by atoms with E-state index in [1.54, 1.807) is 12.1 Å². The number of hydrogen-bond donors (Lipinski definition) is 2. The molecule has 0 aliphatic carbocycles. The SMILES string of the molecule is CCCCOc1ccc([C@]2(C)CC(c3ccn(C(C)C)n3)=C(c3ncn[nH]3)C(=O)N2)c(F)c1. The topological polar surface area (TPSA) is 97.7 Å². The number of aromatic nitrogens is 5. The van der Waals surface area contributed by atoms with E-state index in [4.69, 9.17) is 4.74 Å². The smallest absolute Gasteiger partial charge is 0.256 e. The van der Waals surface area contributed by atoms with Crippen molar-refractivity contribution in [3.8, 4) is 5.75 Å². The van der Waals surface area contributed by atoms with E-state index < -0.39 is 11.4 Å². The maximum Gasteiger partial charge on any atom is 0.256 e. The number of carbonyl (C=O) groups is 1. The molecule has 9 heteroatoms. The Labute approximate surface area is 192 Å². The number of amides is 1. The zero-order valence-corrected chi connectivity index (χ0v) is 19.4. The molecule has 2 N–H and O–H groups in total. The summed E-state index contributed by atoms with van der Waals surface area (Å²) in [5.41, 5.74) is 1.09. The molecule has 0 bridgehead atoms. The Balaban J connectivity index is 1.74. The van der Waals surface area contributed by atoms with Crippen LogP contribution < -0.4 is 10.1 Å². The van der Waals surface area contributed by atoms with Gasteiger partial charge in [-0.15, -0.1) is 0 Å². The van der Waals surface area contributed by atoms with Gasteiger partial charge in [-0.2, -0.15) is 10.2 Å². The number of unbranched alkanes of at least 4 members (excludes halogenated alkanes) is 1. The molecule has 1 aliphatic heterocycles. The summed E-state index contributed by atoms with van der Waals surface area (Å²) in [5.74, 6) is 0.0345. The van der Waals surface area contributed by atoms with Gasteiger partial charge in [-0.1, -0.05) is 19.4 Å². The normalized spacial score (nSPS) is 18.7. The van der Waals surface area contributed by atoms with E-state index in [2.05, 4.69) is 32.5 Å².